The number of hydrogen-bond donors (Lipinski definition) is 1. The molecule has 0 spiro atoms. The van der Waals surface area contributed by atoms with Crippen LogP contribution < -0.4 is 5.32 Å². The molecule has 20 heavy (non-hydrogen) atoms. The van der Waals surface area contributed by atoms with Gasteiger partial charge < -0.3 is 10.2 Å². The van der Waals surface area contributed by atoms with Crippen LogP contribution >= 0.6 is 11.8 Å². The first kappa shape index (κ1) is 15.7. The summed E-state index contributed by atoms with van der Waals surface area (Å²) in [6, 6.07) is -0.309. The van der Waals surface area contributed by atoms with Crippen LogP contribution in [0.3, 0.4) is 0 Å². The number of thioether (sulfide) groups is 1. The van der Waals surface area contributed by atoms with Gasteiger partial charge in [0.05, 0.1) is 0 Å². The molecule has 1 saturated heterocycles. The van der Waals surface area contributed by atoms with Crippen molar-refractivity contribution in [2.45, 2.75) is 51.6 Å². The van der Waals surface area contributed by atoms with E-state index in [2.05, 4.69) is 11.6 Å². The van der Waals surface area contributed by atoms with Gasteiger partial charge in [-0.25, -0.2) is 0 Å². The second-order valence-corrected chi connectivity index (χ2v) is 7.49. The molecule has 0 aromatic rings. The Morgan fingerprint density at radius 2 is 2.05 bits per heavy atom. The summed E-state index contributed by atoms with van der Waals surface area (Å²) in [4.78, 5) is 27.2. The molecule has 4 nitrogen and oxygen atoms in total. The van der Waals surface area contributed by atoms with Crippen LogP contribution in [0.2, 0.25) is 0 Å². The summed E-state index contributed by atoms with van der Waals surface area (Å²) in [6.07, 6.45) is 5.12. The minimum absolute atomic E-state index is 0.0261. The van der Waals surface area contributed by atoms with Gasteiger partial charge in [-0.1, -0.05) is 13.8 Å². The Morgan fingerprint density at radius 3 is 2.55 bits per heavy atom. The third-order valence-electron chi connectivity index (χ3n) is 4.47. The molecule has 114 valence electrons. The molecule has 0 bridgehead atoms. The zero-order valence-corrected chi connectivity index (χ0v) is 13.8. The van der Waals surface area contributed by atoms with Crippen molar-refractivity contribution in [2.24, 2.45) is 11.8 Å². The highest BCUT2D eigenvalue weighted by molar-refractivity contribution is 7.98. The fourth-order valence-corrected chi connectivity index (χ4v) is 3.59. The quantitative estimate of drug-likeness (QED) is 0.762. The minimum atomic E-state index is -0.665. The van der Waals surface area contributed by atoms with Crippen molar-refractivity contribution in [1.82, 2.24) is 10.2 Å². The number of carbonyl (C=O) groups is 2. The Bertz CT molecular complexity index is 395. The first-order valence-electron chi connectivity index (χ1n) is 7.54. The Morgan fingerprint density at radius 1 is 1.40 bits per heavy atom. The average molecular weight is 298 g/mol. The predicted molar refractivity (Wildman–Crippen MR) is 82.6 cm³/mol. The second kappa shape index (κ2) is 5.96. The first-order chi connectivity index (χ1) is 9.41. The minimum Gasteiger partial charge on any atom is -0.340 e. The van der Waals surface area contributed by atoms with Crippen molar-refractivity contribution in [3.63, 3.8) is 0 Å². The van der Waals surface area contributed by atoms with Gasteiger partial charge in [-0.15, -0.1) is 0 Å². The number of nitrogens with zero attached hydrogens (tertiary/aromatic N) is 1. The van der Waals surface area contributed by atoms with Crippen molar-refractivity contribution in [1.29, 1.82) is 0 Å². The van der Waals surface area contributed by atoms with Crippen LogP contribution in [0.15, 0.2) is 0 Å². The molecule has 2 amide bonds. The van der Waals surface area contributed by atoms with Crippen LogP contribution in [0, 0.1) is 11.8 Å². The molecule has 5 heteroatoms. The molecule has 2 atom stereocenters. The summed E-state index contributed by atoms with van der Waals surface area (Å²) in [5.74, 6) is 1.65. The normalized spacial score (nSPS) is 30.9. The van der Waals surface area contributed by atoms with Gasteiger partial charge >= 0.3 is 0 Å². The lowest BCUT2D eigenvalue weighted by Crippen LogP contribution is -2.71. The van der Waals surface area contributed by atoms with Crippen molar-refractivity contribution >= 4 is 23.6 Å². The van der Waals surface area contributed by atoms with Gasteiger partial charge in [0.15, 0.2) is 0 Å². The topological polar surface area (TPSA) is 49.4 Å². The molecule has 1 N–H and O–H groups in total. The van der Waals surface area contributed by atoms with Crippen LogP contribution in [-0.4, -0.2) is 46.8 Å². The lowest BCUT2D eigenvalue weighted by atomic mass is 9.86. The molecule has 2 rings (SSSR count). The maximum atomic E-state index is 12.9. The highest BCUT2D eigenvalue weighted by Gasteiger charge is 2.55. The average Bonchev–Trinajstić information content (AvgIpc) is 3.19. The highest BCUT2D eigenvalue weighted by Crippen LogP contribution is 2.42. The maximum Gasteiger partial charge on any atom is 0.249 e. The van der Waals surface area contributed by atoms with Crippen molar-refractivity contribution in [3.8, 4) is 0 Å². The van der Waals surface area contributed by atoms with E-state index >= 15 is 0 Å². The third kappa shape index (κ3) is 2.83. The van der Waals surface area contributed by atoms with Crippen molar-refractivity contribution in [2.75, 3.05) is 18.6 Å². The molecule has 0 aromatic heterocycles. The lowest BCUT2D eigenvalue weighted by Gasteiger charge is -2.46. The van der Waals surface area contributed by atoms with Crippen molar-refractivity contribution < 1.29 is 9.59 Å². The van der Waals surface area contributed by atoms with E-state index in [0.717, 1.165) is 25.0 Å². The smallest absolute Gasteiger partial charge is 0.249 e. The summed E-state index contributed by atoms with van der Waals surface area (Å²) < 4.78 is 0. The molecular weight excluding hydrogens is 272 g/mol. The number of piperazine rings is 1. The van der Waals surface area contributed by atoms with Gasteiger partial charge in [0, 0.05) is 6.54 Å². The largest absolute Gasteiger partial charge is 0.340 e. The van der Waals surface area contributed by atoms with E-state index < -0.39 is 5.54 Å². The number of amides is 2. The molecule has 2 unspecified atom stereocenters. The summed E-state index contributed by atoms with van der Waals surface area (Å²) in [5.41, 5.74) is -0.665. The zero-order valence-electron chi connectivity index (χ0n) is 12.9. The number of nitrogens with one attached hydrogen (secondary N) is 1. The molecule has 1 aliphatic carbocycles. The highest BCUT2D eigenvalue weighted by atomic mass is 32.2. The van der Waals surface area contributed by atoms with E-state index in [4.69, 9.17) is 0 Å². The Kier molecular flexibility index (Phi) is 4.67. The molecule has 0 radical (unpaired) electrons. The van der Waals surface area contributed by atoms with E-state index in [1.54, 1.807) is 11.8 Å². The van der Waals surface area contributed by atoms with Gasteiger partial charge in [-0.2, -0.15) is 11.8 Å². The zero-order chi connectivity index (χ0) is 14.9. The monoisotopic (exact) mass is 298 g/mol. The van der Waals surface area contributed by atoms with Crippen LogP contribution in [0.25, 0.3) is 0 Å². The standard InChI is InChI=1S/C15H26N2O2S/c1-10(2)12-13(18)16-15(3,11-6-7-11)14(19)17(12)8-5-9-20-4/h10-12H,5-9H2,1-4H3,(H,16,18). The summed E-state index contributed by atoms with van der Waals surface area (Å²) in [5, 5.41) is 3.02. The third-order valence-corrected chi connectivity index (χ3v) is 5.16. The van der Waals surface area contributed by atoms with Gasteiger partial charge in [0.2, 0.25) is 11.8 Å². The van der Waals surface area contributed by atoms with Crippen molar-refractivity contribution in [3.05, 3.63) is 0 Å². The van der Waals surface area contributed by atoms with E-state index in [1.165, 1.54) is 0 Å². The summed E-state index contributed by atoms with van der Waals surface area (Å²) in [6.45, 7) is 6.62. The number of rotatable bonds is 6. The molecule has 2 fully saturated rings. The first-order valence-corrected chi connectivity index (χ1v) is 8.93. The van der Waals surface area contributed by atoms with Crippen LogP contribution in [0.4, 0.5) is 0 Å². The molecule has 0 aromatic carbocycles. The SMILES string of the molecule is CSCCCN1C(=O)C(C)(C2CC2)NC(=O)C1C(C)C. The van der Waals surface area contributed by atoms with E-state index in [-0.39, 0.29) is 23.8 Å². The predicted octanol–water partition coefficient (Wildman–Crippen LogP) is 1.89. The number of carbonyl (C=O) groups excluding carboxylic acids is 2. The molecule has 1 saturated carbocycles. The van der Waals surface area contributed by atoms with E-state index in [0.29, 0.717) is 12.5 Å². The van der Waals surface area contributed by atoms with Crippen LogP contribution in [0.5, 0.6) is 0 Å². The summed E-state index contributed by atoms with van der Waals surface area (Å²) in [7, 11) is 0. The lowest BCUT2D eigenvalue weighted by molar-refractivity contribution is -0.157. The fraction of sp³-hybridized carbons (Fsp3) is 0.867. The summed E-state index contributed by atoms with van der Waals surface area (Å²) >= 11 is 1.78. The molecular formula is C15H26N2O2S. The Hall–Kier alpha value is -0.710. The van der Waals surface area contributed by atoms with Gasteiger partial charge in [0.1, 0.15) is 11.6 Å². The van der Waals surface area contributed by atoms with Gasteiger partial charge in [0.25, 0.3) is 0 Å². The molecule has 1 aliphatic heterocycles. The number of hydrogen-bond acceptors (Lipinski definition) is 3. The van der Waals surface area contributed by atoms with Crippen LogP contribution in [0.1, 0.15) is 40.0 Å². The Labute approximate surface area is 126 Å². The van der Waals surface area contributed by atoms with Gasteiger partial charge in [-0.3, -0.25) is 9.59 Å². The molecule has 2 aliphatic rings. The Balaban J connectivity index is 2.19. The van der Waals surface area contributed by atoms with E-state index in [9.17, 15) is 9.59 Å². The second-order valence-electron chi connectivity index (χ2n) is 6.50. The molecule has 1 heterocycles. The van der Waals surface area contributed by atoms with Crippen LogP contribution in [-0.2, 0) is 9.59 Å². The maximum absolute atomic E-state index is 12.9. The fourth-order valence-electron chi connectivity index (χ4n) is 3.17. The van der Waals surface area contributed by atoms with E-state index in [1.807, 2.05) is 25.7 Å². The van der Waals surface area contributed by atoms with Gasteiger partial charge in [-0.05, 0) is 50.0 Å².